The van der Waals surface area contributed by atoms with Gasteiger partial charge in [-0.15, -0.1) is 0 Å². The highest BCUT2D eigenvalue weighted by Crippen LogP contribution is 2.27. The second-order valence-electron chi connectivity index (χ2n) is 7.16. The Labute approximate surface area is 176 Å². The summed E-state index contributed by atoms with van der Waals surface area (Å²) in [4.78, 5) is 12.9. The van der Waals surface area contributed by atoms with E-state index in [9.17, 15) is 4.79 Å². The molecule has 0 saturated carbocycles. The monoisotopic (exact) mass is 411 g/mol. The van der Waals surface area contributed by atoms with Gasteiger partial charge in [0.2, 0.25) is 0 Å². The van der Waals surface area contributed by atoms with Gasteiger partial charge in [-0.05, 0) is 65.6 Å². The summed E-state index contributed by atoms with van der Waals surface area (Å²) >= 11 is 11.9. The van der Waals surface area contributed by atoms with Crippen LogP contribution in [0.1, 0.15) is 53.7 Å². The van der Waals surface area contributed by atoms with Crippen LogP contribution in [-0.4, -0.2) is 5.78 Å². The van der Waals surface area contributed by atoms with Crippen molar-refractivity contribution in [2.75, 3.05) is 5.32 Å². The molecular formula is C24H23Cl2NO. The largest absolute Gasteiger partial charge is 0.378 e. The van der Waals surface area contributed by atoms with Crippen LogP contribution < -0.4 is 5.32 Å². The van der Waals surface area contributed by atoms with Gasteiger partial charge in [-0.25, -0.2) is 0 Å². The van der Waals surface area contributed by atoms with Gasteiger partial charge in [-0.3, -0.25) is 4.79 Å². The molecule has 28 heavy (non-hydrogen) atoms. The third-order valence-corrected chi connectivity index (χ3v) is 5.25. The van der Waals surface area contributed by atoms with Crippen molar-refractivity contribution in [3.63, 3.8) is 0 Å². The van der Waals surface area contributed by atoms with Crippen molar-refractivity contribution in [1.82, 2.24) is 0 Å². The Balaban J connectivity index is 1.85. The molecule has 0 amide bonds. The maximum Gasteiger partial charge on any atom is 0.165 e. The van der Waals surface area contributed by atoms with E-state index in [0.717, 1.165) is 11.3 Å². The van der Waals surface area contributed by atoms with Crippen molar-refractivity contribution in [2.45, 2.75) is 32.2 Å². The zero-order chi connectivity index (χ0) is 20.1. The standard InChI is InChI=1S/C24H23Cl2NO/c1-16(2)17-3-5-18(6-4-17)23(27-22-13-11-21(26)12-14-22)15-24(28)19-7-9-20(25)10-8-19/h3-14,16,23,27H,15H2,1-2H3. The van der Waals surface area contributed by atoms with Crippen molar-refractivity contribution in [1.29, 1.82) is 0 Å². The van der Waals surface area contributed by atoms with Gasteiger partial charge < -0.3 is 5.32 Å². The summed E-state index contributed by atoms with van der Waals surface area (Å²) in [6, 6.07) is 22.8. The van der Waals surface area contributed by atoms with E-state index in [1.807, 2.05) is 24.3 Å². The first-order valence-corrected chi connectivity index (χ1v) is 10.1. The van der Waals surface area contributed by atoms with E-state index >= 15 is 0 Å². The highest BCUT2D eigenvalue weighted by Gasteiger charge is 2.18. The van der Waals surface area contributed by atoms with E-state index in [1.54, 1.807) is 24.3 Å². The lowest BCUT2D eigenvalue weighted by Crippen LogP contribution is -2.16. The van der Waals surface area contributed by atoms with Crippen LogP contribution in [0.5, 0.6) is 0 Å². The zero-order valence-electron chi connectivity index (χ0n) is 16.0. The molecule has 0 heterocycles. The fourth-order valence-corrected chi connectivity index (χ4v) is 3.30. The number of carbonyl (C=O) groups excluding carboxylic acids is 1. The third kappa shape index (κ3) is 5.37. The Morgan fingerprint density at radius 1 is 0.786 bits per heavy atom. The first-order valence-electron chi connectivity index (χ1n) is 9.33. The smallest absolute Gasteiger partial charge is 0.165 e. The number of hydrogen-bond donors (Lipinski definition) is 1. The molecule has 4 heteroatoms. The molecule has 0 spiro atoms. The highest BCUT2D eigenvalue weighted by molar-refractivity contribution is 6.31. The summed E-state index contributed by atoms with van der Waals surface area (Å²) in [7, 11) is 0. The molecule has 1 unspecified atom stereocenters. The zero-order valence-corrected chi connectivity index (χ0v) is 17.5. The predicted octanol–water partition coefficient (Wildman–Crippen LogP) is 7.54. The lowest BCUT2D eigenvalue weighted by atomic mass is 9.95. The first-order chi connectivity index (χ1) is 13.4. The summed E-state index contributed by atoms with van der Waals surface area (Å²) < 4.78 is 0. The van der Waals surface area contributed by atoms with Gasteiger partial charge in [0, 0.05) is 27.7 Å². The molecule has 0 aliphatic carbocycles. The van der Waals surface area contributed by atoms with E-state index in [0.29, 0.717) is 27.9 Å². The summed E-state index contributed by atoms with van der Waals surface area (Å²) in [5, 5.41) is 4.78. The average molecular weight is 412 g/mol. The van der Waals surface area contributed by atoms with Crippen molar-refractivity contribution >= 4 is 34.7 Å². The molecule has 0 aliphatic rings. The van der Waals surface area contributed by atoms with E-state index in [2.05, 4.69) is 43.4 Å². The van der Waals surface area contributed by atoms with Gasteiger partial charge in [-0.1, -0.05) is 61.3 Å². The molecular weight excluding hydrogens is 389 g/mol. The number of ketones is 1. The van der Waals surface area contributed by atoms with E-state index in [4.69, 9.17) is 23.2 Å². The van der Waals surface area contributed by atoms with Gasteiger partial charge in [0.25, 0.3) is 0 Å². The number of hydrogen-bond acceptors (Lipinski definition) is 2. The minimum absolute atomic E-state index is 0.0658. The summed E-state index contributed by atoms with van der Waals surface area (Å²) in [6.45, 7) is 4.34. The van der Waals surface area contributed by atoms with Crippen LogP contribution in [-0.2, 0) is 0 Å². The van der Waals surface area contributed by atoms with E-state index < -0.39 is 0 Å². The van der Waals surface area contributed by atoms with Crippen LogP contribution in [0.25, 0.3) is 0 Å². The average Bonchev–Trinajstić information content (AvgIpc) is 2.69. The van der Waals surface area contributed by atoms with Crippen molar-refractivity contribution in [2.24, 2.45) is 0 Å². The van der Waals surface area contributed by atoms with Crippen LogP contribution in [0.15, 0.2) is 72.8 Å². The Morgan fingerprint density at radius 2 is 1.29 bits per heavy atom. The lowest BCUT2D eigenvalue weighted by Gasteiger charge is -2.21. The Hall–Kier alpha value is -2.29. The normalized spacial score (nSPS) is 12.0. The van der Waals surface area contributed by atoms with Gasteiger partial charge in [0.15, 0.2) is 5.78 Å². The topological polar surface area (TPSA) is 29.1 Å². The van der Waals surface area contributed by atoms with Crippen molar-refractivity contribution < 1.29 is 4.79 Å². The molecule has 1 atom stereocenters. The van der Waals surface area contributed by atoms with Crippen molar-refractivity contribution in [3.05, 3.63) is 99.5 Å². The highest BCUT2D eigenvalue weighted by atomic mass is 35.5. The second kappa shape index (κ2) is 9.27. The van der Waals surface area contributed by atoms with Crippen LogP contribution in [0, 0.1) is 0 Å². The molecule has 1 N–H and O–H groups in total. The molecule has 0 aromatic heterocycles. The van der Waals surface area contributed by atoms with E-state index in [-0.39, 0.29) is 11.8 Å². The predicted molar refractivity (Wildman–Crippen MR) is 119 cm³/mol. The molecule has 0 fully saturated rings. The molecule has 0 aliphatic heterocycles. The Morgan fingerprint density at radius 3 is 1.82 bits per heavy atom. The van der Waals surface area contributed by atoms with Gasteiger partial charge in [0.1, 0.15) is 0 Å². The number of benzene rings is 3. The maximum atomic E-state index is 12.9. The molecule has 3 rings (SSSR count). The summed E-state index contributed by atoms with van der Waals surface area (Å²) in [5.74, 6) is 0.531. The minimum Gasteiger partial charge on any atom is -0.378 e. The fraction of sp³-hybridized carbons (Fsp3) is 0.208. The fourth-order valence-electron chi connectivity index (χ4n) is 3.05. The number of anilines is 1. The van der Waals surface area contributed by atoms with Crippen molar-refractivity contribution in [3.8, 4) is 0 Å². The van der Waals surface area contributed by atoms with Crippen LogP contribution in [0.4, 0.5) is 5.69 Å². The molecule has 0 radical (unpaired) electrons. The maximum absolute atomic E-state index is 12.9. The third-order valence-electron chi connectivity index (χ3n) is 4.75. The van der Waals surface area contributed by atoms with E-state index in [1.165, 1.54) is 5.56 Å². The lowest BCUT2D eigenvalue weighted by molar-refractivity contribution is 0.0976. The number of Topliss-reactive ketones (excluding diaryl/α,β-unsaturated/α-hetero) is 1. The summed E-state index contributed by atoms with van der Waals surface area (Å²) in [5.41, 5.74) is 3.93. The number of halogens is 2. The molecule has 0 bridgehead atoms. The van der Waals surface area contributed by atoms with Gasteiger partial charge in [-0.2, -0.15) is 0 Å². The van der Waals surface area contributed by atoms with Gasteiger partial charge >= 0.3 is 0 Å². The van der Waals surface area contributed by atoms with Crippen LogP contribution in [0.2, 0.25) is 10.0 Å². The molecule has 144 valence electrons. The molecule has 0 saturated heterocycles. The molecule has 3 aromatic rings. The van der Waals surface area contributed by atoms with Crippen LogP contribution >= 0.6 is 23.2 Å². The van der Waals surface area contributed by atoms with Crippen LogP contribution in [0.3, 0.4) is 0 Å². The SMILES string of the molecule is CC(C)c1ccc(C(CC(=O)c2ccc(Cl)cc2)Nc2ccc(Cl)cc2)cc1. The Kier molecular flexibility index (Phi) is 6.77. The molecule has 3 aromatic carbocycles. The number of carbonyl (C=O) groups is 1. The van der Waals surface area contributed by atoms with Gasteiger partial charge in [0.05, 0.1) is 6.04 Å². The Bertz CT molecular complexity index is 916. The second-order valence-corrected chi connectivity index (χ2v) is 8.03. The number of nitrogens with one attached hydrogen (secondary N) is 1. The quantitative estimate of drug-likeness (QED) is 0.406. The number of rotatable bonds is 7. The summed E-state index contributed by atoms with van der Waals surface area (Å²) in [6.07, 6.45) is 0.339. The minimum atomic E-state index is -0.148. The molecule has 2 nitrogen and oxygen atoms in total. The first kappa shape index (κ1) is 20.4.